The third-order valence-corrected chi connectivity index (χ3v) is 16.1. The maximum atomic E-state index is 10.0. The fourth-order valence-corrected chi connectivity index (χ4v) is 11.8. The zero-order valence-corrected chi connectivity index (χ0v) is 53.0. The van der Waals surface area contributed by atoms with Crippen LogP contribution in [0.15, 0.2) is 193 Å². The SMILES string of the molecule is [2H]c1nc(-n2c3[c-]c(Oc4[c-]c(N5[CH-]N(c6c(-c7ccccc7)cc(C(C)(C)C)cc6-c6ccccc6)c6ccccc65)ccc4)ccc3c3c4oc5c([N+]#[C-])cccc5c4ccc32)cc(C([2H])([2H])C(C)(C)C)c1-c1cc(C(C)(C)C)cc(C(C)(C)C)c1.[Pt]. The number of hydrogen-bond acceptors (Lipinski definition) is 5. The van der Waals surface area contributed by atoms with Crippen LogP contribution in [-0.2, 0) is 43.7 Å². The summed E-state index contributed by atoms with van der Waals surface area (Å²) in [5.74, 6) is 1.19. The van der Waals surface area contributed by atoms with Crippen LogP contribution >= 0.6 is 0 Å². The summed E-state index contributed by atoms with van der Waals surface area (Å²) in [5, 5.41) is 3.19. The Morgan fingerprint density at radius 2 is 1.14 bits per heavy atom. The molecule has 0 fully saturated rings. The summed E-state index contributed by atoms with van der Waals surface area (Å²) in [6, 6.07) is 69.4. The number of fused-ring (bicyclic) bond motifs is 8. The van der Waals surface area contributed by atoms with Gasteiger partial charge in [-0.3, -0.25) is 0 Å². The molecular formula is C78H70N5O2Pt-3. The average Bonchev–Trinajstić information content (AvgIpc) is 1.65. The van der Waals surface area contributed by atoms with Crippen molar-refractivity contribution >= 4 is 72.2 Å². The number of anilines is 4. The Balaban J connectivity index is 0.00000769. The molecule has 0 spiro atoms. The normalized spacial score (nSPS) is 13.6. The minimum absolute atomic E-state index is 0. The van der Waals surface area contributed by atoms with Crippen molar-refractivity contribution in [3.05, 3.63) is 241 Å². The van der Waals surface area contributed by atoms with Gasteiger partial charge in [0, 0.05) is 91.5 Å². The monoisotopic (exact) mass is 1310 g/mol. The van der Waals surface area contributed by atoms with Crippen LogP contribution in [0.2, 0.25) is 0 Å². The first kappa shape index (κ1) is 54.0. The van der Waals surface area contributed by atoms with Gasteiger partial charge in [0.2, 0.25) is 5.69 Å². The minimum Gasteiger partial charge on any atom is -0.509 e. The molecule has 0 amide bonds. The van der Waals surface area contributed by atoms with E-state index in [9.17, 15) is 4.11 Å². The molecule has 7 nitrogen and oxygen atoms in total. The maximum absolute atomic E-state index is 10.0. The second-order valence-electron chi connectivity index (χ2n) is 26.6. The molecule has 0 saturated carbocycles. The summed E-state index contributed by atoms with van der Waals surface area (Å²) in [5.41, 5.74) is 14.5. The van der Waals surface area contributed by atoms with Gasteiger partial charge in [-0.1, -0.05) is 203 Å². The van der Waals surface area contributed by atoms with Gasteiger partial charge in [0.1, 0.15) is 17.0 Å². The van der Waals surface area contributed by atoms with E-state index in [1.165, 1.54) is 5.56 Å². The van der Waals surface area contributed by atoms with Crippen LogP contribution in [0.1, 0.15) is 109 Å². The van der Waals surface area contributed by atoms with E-state index in [1.807, 2.05) is 86.0 Å². The maximum Gasteiger partial charge on any atom is 0.229 e. The summed E-state index contributed by atoms with van der Waals surface area (Å²) in [6.45, 7) is 35.8. The third kappa shape index (κ3) is 10.6. The number of para-hydroxylation sites is 3. The number of aromatic nitrogens is 2. The summed E-state index contributed by atoms with van der Waals surface area (Å²) in [4.78, 5) is 13.5. The van der Waals surface area contributed by atoms with Crippen molar-refractivity contribution in [2.45, 2.75) is 106 Å². The Kier molecular flexibility index (Phi) is 13.6. The number of pyridine rings is 1. The van der Waals surface area contributed by atoms with Crippen molar-refractivity contribution in [2.75, 3.05) is 9.80 Å². The predicted octanol–water partition coefficient (Wildman–Crippen LogP) is 21.9. The molecule has 8 heteroatoms. The van der Waals surface area contributed by atoms with Crippen LogP contribution in [0.3, 0.4) is 0 Å². The van der Waals surface area contributed by atoms with Crippen molar-refractivity contribution < 1.29 is 34.3 Å². The van der Waals surface area contributed by atoms with Crippen molar-refractivity contribution in [1.82, 2.24) is 9.55 Å². The first-order valence-corrected chi connectivity index (χ1v) is 29.2. The van der Waals surface area contributed by atoms with E-state index in [4.69, 9.17) is 20.7 Å². The fraction of sp³-hybridized carbons (Fsp3) is 0.218. The third-order valence-electron chi connectivity index (χ3n) is 16.1. The number of hydrogen-bond donors (Lipinski definition) is 0. The smallest absolute Gasteiger partial charge is 0.229 e. The van der Waals surface area contributed by atoms with E-state index in [2.05, 4.69) is 211 Å². The van der Waals surface area contributed by atoms with Gasteiger partial charge in [-0.2, -0.15) is 12.1 Å². The number of furan rings is 1. The molecule has 0 unspecified atom stereocenters. The molecule has 12 aromatic rings. The molecule has 0 saturated heterocycles. The van der Waals surface area contributed by atoms with Crippen LogP contribution in [-0.4, -0.2) is 9.55 Å². The summed E-state index contributed by atoms with van der Waals surface area (Å²) < 4.78 is 45.7. The van der Waals surface area contributed by atoms with Crippen molar-refractivity contribution in [1.29, 1.82) is 0 Å². The van der Waals surface area contributed by atoms with Gasteiger partial charge >= 0.3 is 0 Å². The minimum atomic E-state index is -1.95. The van der Waals surface area contributed by atoms with Crippen molar-refractivity contribution in [2.24, 2.45) is 5.41 Å². The topological polar surface area (TPSA) is 51.0 Å². The van der Waals surface area contributed by atoms with Crippen LogP contribution in [0, 0.1) is 30.8 Å². The summed E-state index contributed by atoms with van der Waals surface area (Å²) in [7, 11) is 0. The summed E-state index contributed by atoms with van der Waals surface area (Å²) >= 11 is 0. The predicted molar refractivity (Wildman–Crippen MR) is 353 cm³/mol. The van der Waals surface area contributed by atoms with E-state index in [0.717, 1.165) is 83.2 Å². The van der Waals surface area contributed by atoms with Gasteiger partial charge in [0.25, 0.3) is 0 Å². The van der Waals surface area contributed by atoms with E-state index in [-0.39, 0.29) is 43.5 Å². The number of nitrogens with zero attached hydrogens (tertiary/aromatic N) is 5. The molecule has 4 heterocycles. The van der Waals surface area contributed by atoms with E-state index in [1.54, 1.807) is 6.07 Å². The zero-order chi connectivity index (χ0) is 62.0. The quantitative estimate of drug-likeness (QED) is 0.135. The van der Waals surface area contributed by atoms with Gasteiger partial charge in [-0.15, -0.1) is 42.7 Å². The second-order valence-corrected chi connectivity index (χ2v) is 26.6. The molecule has 432 valence electrons. The van der Waals surface area contributed by atoms with Gasteiger partial charge in [-0.25, -0.2) is 9.83 Å². The largest absolute Gasteiger partial charge is 0.509 e. The fourth-order valence-electron chi connectivity index (χ4n) is 11.8. The van der Waals surface area contributed by atoms with Crippen LogP contribution in [0.4, 0.5) is 28.4 Å². The Hall–Kier alpha value is -8.69. The Morgan fingerprint density at radius 3 is 1.76 bits per heavy atom. The molecule has 0 aliphatic carbocycles. The average molecular weight is 1310 g/mol. The standard InChI is InChI=1S/C78H70N5O2.Pt/c1-75(2,3)46-52-40-70(80-47-64(52)51-38-53(76(4,5)6)41-54(39-51)77(7,8)9)83-68-37-36-60-59-30-23-31-65(79-13)73(59)85-74(60)71(68)61-35-34-58(45-69(61)83)84-57-29-22-28-56(44-57)81-48-82(67-33-21-20-32-66(67)81)72-62(49-24-16-14-17-25-49)42-55(78(10,11)12)43-63(72)50-26-18-15-19-27-50;/h14-43,47-48H,46H2,1-12H3;/q-3;/i46D2,47D;. The number of rotatable bonds is 9. The van der Waals surface area contributed by atoms with Gasteiger partial charge < -0.3 is 23.5 Å². The van der Waals surface area contributed by atoms with E-state index in [0.29, 0.717) is 56.3 Å². The molecule has 1 aliphatic heterocycles. The molecule has 86 heavy (non-hydrogen) atoms. The molecule has 0 atom stereocenters. The van der Waals surface area contributed by atoms with E-state index >= 15 is 0 Å². The Bertz CT molecular complexity index is 4710. The van der Waals surface area contributed by atoms with Crippen LogP contribution < -0.4 is 14.5 Å². The van der Waals surface area contributed by atoms with Crippen molar-refractivity contribution in [3.8, 4) is 50.7 Å². The van der Waals surface area contributed by atoms with Gasteiger partial charge in [-0.05, 0) is 115 Å². The number of benzene rings is 9. The molecule has 0 bridgehead atoms. The van der Waals surface area contributed by atoms with Crippen molar-refractivity contribution in [3.63, 3.8) is 0 Å². The van der Waals surface area contributed by atoms with Gasteiger partial charge in [0.15, 0.2) is 0 Å². The van der Waals surface area contributed by atoms with Gasteiger partial charge in [0.05, 0.1) is 7.94 Å². The molecular weight excluding hydrogens is 1230 g/mol. The molecule has 0 N–H and O–H groups in total. The molecule has 13 rings (SSSR count). The number of ether oxygens (including phenoxy) is 1. The molecule has 9 aromatic carbocycles. The van der Waals surface area contributed by atoms with Crippen LogP contribution in [0.25, 0.3) is 87.8 Å². The summed E-state index contributed by atoms with van der Waals surface area (Å²) in [6.07, 6.45) is -2.01. The molecule has 1 aliphatic rings. The second kappa shape index (κ2) is 21.7. The Morgan fingerprint density at radius 1 is 0.570 bits per heavy atom. The first-order valence-electron chi connectivity index (χ1n) is 30.7. The Labute approximate surface area is 525 Å². The molecule has 3 aromatic heterocycles. The zero-order valence-electron chi connectivity index (χ0n) is 53.8. The van der Waals surface area contributed by atoms with E-state index < -0.39 is 11.8 Å². The first-order chi connectivity index (χ1) is 41.8. The van der Waals surface area contributed by atoms with Crippen LogP contribution in [0.5, 0.6) is 11.5 Å². The molecule has 0 radical (unpaired) electrons.